The molecule has 1 heterocycles. The summed E-state index contributed by atoms with van der Waals surface area (Å²) in [5.41, 5.74) is 8.65. The molecule has 90 valence electrons. The lowest BCUT2D eigenvalue weighted by Gasteiger charge is -2.04. The Balaban J connectivity index is 2.25. The predicted molar refractivity (Wildman–Crippen MR) is 71.3 cm³/mol. The molecule has 3 nitrogen and oxygen atoms in total. The molecule has 0 radical (unpaired) electrons. The maximum Gasteiger partial charge on any atom is 0.0879 e. The van der Waals surface area contributed by atoms with Crippen LogP contribution in [0.25, 0.3) is 0 Å². The van der Waals surface area contributed by atoms with E-state index < -0.39 is 0 Å². The fourth-order valence-corrected chi connectivity index (χ4v) is 1.98. The Morgan fingerprint density at radius 2 is 2.06 bits per heavy atom. The highest BCUT2D eigenvalue weighted by molar-refractivity contribution is 6.31. The normalized spacial score (nSPS) is 11.1. The summed E-state index contributed by atoms with van der Waals surface area (Å²) in [7, 11) is 0. The molecule has 0 spiro atoms. The first-order valence-electron chi connectivity index (χ1n) is 5.64. The van der Waals surface area contributed by atoms with Gasteiger partial charge in [0.05, 0.1) is 17.9 Å². The predicted octanol–water partition coefficient (Wildman–Crippen LogP) is 3.29. The zero-order valence-corrected chi connectivity index (χ0v) is 10.8. The number of nitrogens with two attached hydrogens (primary N) is 1. The van der Waals surface area contributed by atoms with Gasteiger partial charge in [0.15, 0.2) is 0 Å². The van der Waals surface area contributed by atoms with Gasteiger partial charge in [0, 0.05) is 11.2 Å². The lowest BCUT2D eigenvalue weighted by Crippen LogP contribution is -2.02. The number of hydrogen-bond acceptors (Lipinski definition) is 2. The van der Waals surface area contributed by atoms with Crippen LogP contribution in [0.1, 0.15) is 31.0 Å². The Hall–Kier alpha value is -1.48. The molecule has 2 N–H and O–H groups in total. The SMILES string of the molecule is CC(C)c1nn(Cc2ccccc2Cl)cc1N. The average Bonchev–Trinajstić information content (AvgIpc) is 2.63. The smallest absolute Gasteiger partial charge is 0.0879 e. The number of aromatic nitrogens is 2. The molecule has 0 aliphatic heterocycles. The molecule has 4 heteroatoms. The van der Waals surface area contributed by atoms with Crippen LogP contribution in [0.3, 0.4) is 0 Å². The van der Waals surface area contributed by atoms with Gasteiger partial charge in [0.25, 0.3) is 0 Å². The van der Waals surface area contributed by atoms with Crippen molar-refractivity contribution in [3.63, 3.8) is 0 Å². The molecule has 0 aliphatic carbocycles. The van der Waals surface area contributed by atoms with Crippen LogP contribution >= 0.6 is 11.6 Å². The summed E-state index contributed by atoms with van der Waals surface area (Å²) in [4.78, 5) is 0. The molecule has 0 saturated carbocycles. The van der Waals surface area contributed by atoms with Crippen LogP contribution < -0.4 is 5.73 Å². The molecule has 0 amide bonds. The van der Waals surface area contributed by atoms with Gasteiger partial charge in [-0.15, -0.1) is 0 Å². The van der Waals surface area contributed by atoms with Crippen molar-refractivity contribution in [1.29, 1.82) is 0 Å². The summed E-state index contributed by atoms with van der Waals surface area (Å²) in [6, 6.07) is 7.77. The minimum atomic E-state index is 0.336. The van der Waals surface area contributed by atoms with Gasteiger partial charge in [0.1, 0.15) is 0 Å². The monoisotopic (exact) mass is 249 g/mol. The van der Waals surface area contributed by atoms with Gasteiger partial charge in [-0.25, -0.2) is 0 Å². The van der Waals surface area contributed by atoms with Gasteiger partial charge in [0.2, 0.25) is 0 Å². The van der Waals surface area contributed by atoms with E-state index in [1.165, 1.54) is 0 Å². The van der Waals surface area contributed by atoms with Crippen molar-refractivity contribution in [2.45, 2.75) is 26.3 Å². The minimum Gasteiger partial charge on any atom is -0.396 e. The third-order valence-corrected chi connectivity index (χ3v) is 3.03. The van der Waals surface area contributed by atoms with Crippen molar-refractivity contribution < 1.29 is 0 Å². The van der Waals surface area contributed by atoms with E-state index in [0.717, 1.165) is 22.0 Å². The van der Waals surface area contributed by atoms with Crippen LogP contribution in [0.2, 0.25) is 5.02 Å². The average molecular weight is 250 g/mol. The number of hydrogen-bond donors (Lipinski definition) is 1. The first kappa shape index (κ1) is 12.0. The van der Waals surface area contributed by atoms with E-state index in [4.69, 9.17) is 17.3 Å². The van der Waals surface area contributed by atoms with Crippen LogP contribution in [0, 0.1) is 0 Å². The second kappa shape index (κ2) is 4.80. The lowest BCUT2D eigenvalue weighted by molar-refractivity contribution is 0.657. The number of anilines is 1. The second-order valence-electron chi connectivity index (χ2n) is 4.41. The van der Waals surface area contributed by atoms with Gasteiger partial charge in [-0.3, -0.25) is 4.68 Å². The Morgan fingerprint density at radius 1 is 1.35 bits per heavy atom. The molecule has 17 heavy (non-hydrogen) atoms. The zero-order valence-electron chi connectivity index (χ0n) is 10.0. The Bertz CT molecular complexity index is 517. The van der Waals surface area contributed by atoms with Crippen LogP contribution in [-0.2, 0) is 6.54 Å². The zero-order chi connectivity index (χ0) is 12.4. The van der Waals surface area contributed by atoms with Crippen LogP contribution in [0.15, 0.2) is 30.5 Å². The van der Waals surface area contributed by atoms with Crippen molar-refractivity contribution in [1.82, 2.24) is 9.78 Å². The summed E-state index contributed by atoms with van der Waals surface area (Å²) in [6.45, 7) is 4.81. The summed E-state index contributed by atoms with van der Waals surface area (Å²) >= 11 is 6.11. The first-order chi connectivity index (χ1) is 8.08. The molecule has 2 aromatic rings. The van der Waals surface area contributed by atoms with E-state index in [-0.39, 0.29) is 0 Å². The molecule has 0 atom stereocenters. The Morgan fingerprint density at radius 3 is 2.65 bits per heavy atom. The highest BCUT2D eigenvalue weighted by atomic mass is 35.5. The van der Waals surface area contributed by atoms with E-state index in [9.17, 15) is 0 Å². The lowest BCUT2D eigenvalue weighted by atomic mass is 10.1. The van der Waals surface area contributed by atoms with Crippen molar-refractivity contribution in [3.05, 3.63) is 46.7 Å². The summed E-state index contributed by atoms with van der Waals surface area (Å²) in [5.74, 6) is 0.336. The largest absolute Gasteiger partial charge is 0.396 e. The summed E-state index contributed by atoms with van der Waals surface area (Å²) in [6.07, 6.45) is 1.86. The van der Waals surface area contributed by atoms with E-state index >= 15 is 0 Å². The van der Waals surface area contributed by atoms with Crippen LogP contribution in [-0.4, -0.2) is 9.78 Å². The van der Waals surface area contributed by atoms with E-state index in [2.05, 4.69) is 18.9 Å². The van der Waals surface area contributed by atoms with Crippen molar-refractivity contribution in [2.24, 2.45) is 0 Å². The minimum absolute atomic E-state index is 0.336. The molecular weight excluding hydrogens is 234 g/mol. The first-order valence-corrected chi connectivity index (χ1v) is 6.02. The van der Waals surface area contributed by atoms with Crippen molar-refractivity contribution in [2.75, 3.05) is 5.73 Å². The summed E-state index contributed by atoms with van der Waals surface area (Å²) < 4.78 is 1.84. The van der Waals surface area contributed by atoms with Crippen LogP contribution in [0.5, 0.6) is 0 Å². The number of halogens is 1. The molecule has 0 aliphatic rings. The standard InChI is InChI=1S/C13H16ClN3/c1-9(2)13-12(15)8-17(16-13)7-10-5-3-4-6-11(10)14/h3-6,8-9H,7,15H2,1-2H3. The third-order valence-electron chi connectivity index (χ3n) is 2.66. The Kier molecular flexibility index (Phi) is 3.38. The maximum atomic E-state index is 6.11. The quantitative estimate of drug-likeness (QED) is 0.907. The van der Waals surface area contributed by atoms with E-state index in [1.54, 1.807) is 0 Å². The highest BCUT2D eigenvalue weighted by Crippen LogP contribution is 2.21. The fraction of sp³-hybridized carbons (Fsp3) is 0.308. The molecule has 1 aromatic heterocycles. The van der Waals surface area contributed by atoms with Crippen LogP contribution in [0.4, 0.5) is 5.69 Å². The second-order valence-corrected chi connectivity index (χ2v) is 4.82. The van der Waals surface area contributed by atoms with Gasteiger partial charge < -0.3 is 5.73 Å². The van der Waals surface area contributed by atoms with Gasteiger partial charge >= 0.3 is 0 Å². The number of benzene rings is 1. The van der Waals surface area contributed by atoms with Gasteiger partial charge in [-0.1, -0.05) is 43.6 Å². The topological polar surface area (TPSA) is 43.8 Å². The Labute approximate surface area is 106 Å². The van der Waals surface area contributed by atoms with Crippen molar-refractivity contribution >= 4 is 17.3 Å². The molecule has 0 fully saturated rings. The summed E-state index contributed by atoms with van der Waals surface area (Å²) in [5, 5.41) is 5.24. The van der Waals surface area contributed by atoms with Gasteiger partial charge in [-0.2, -0.15) is 5.10 Å². The molecule has 0 bridgehead atoms. The number of nitrogens with zero attached hydrogens (tertiary/aromatic N) is 2. The van der Waals surface area contributed by atoms with Crippen molar-refractivity contribution in [3.8, 4) is 0 Å². The molecule has 0 unspecified atom stereocenters. The van der Waals surface area contributed by atoms with E-state index in [1.807, 2.05) is 35.1 Å². The molecule has 2 rings (SSSR count). The maximum absolute atomic E-state index is 6.11. The van der Waals surface area contributed by atoms with E-state index in [0.29, 0.717) is 12.5 Å². The number of rotatable bonds is 3. The fourth-order valence-electron chi connectivity index (χ4n) is 1.78. The molecular formula is C13H16ClN3. The van der Waals surface area contributed by atoms with Gasteiger partial charge in [-0.05, 0) is 17.5 Å². The molecule has 0 saturated heterocycles. The number of nitrogen functional groups attached to an aromatic ring is 1. The third kappa shape index (κ3) is 2.61. The molecule has 1 aromatic carbocycles. The highest BCUT2D eigenvalue weighted by Gasteiger charge is 2.10.